The van der Waals surface area contributed by atoms with Crippen LogP contribution in [0.4, 0.5) is 0 Å². The maximum absolute atomic E-state index is 11.9. The smallest absolute Gasteiger partial charge is 0.321 e. The van der Waals surface area contributed by atoms with Gasteiger partial charge in [-0.15, -0.1) is 0 Å². The van der Waals surface area contributed by atoms with E-state index in [2.05, 4.69) is 10.3 Å². The normalized spacial score (nSPS) is 12.0. The Hall–Kier alpha value is -2.90. The number of hydrogen-bond donors (Lipinski definition) is 3. The number of aromatic amines is 1. The van der Waals surface area contributed by atoms with Crippen molar-refractivity contribution in [2.24, 2.45) is 0 Å². The third kappa shape index (κ3) is 5.85. The Morgan fingerprint density at radius 3 is 2.51 bits per heavy atom. The zero-order valence-electron chi connectivity index (χ0n) is 18.8. The highest BCUT2D eigenvalue weighted by molar-refractivity contribution is 6.36. The largest absolute Gasteiger partial charge is 0.493 e. The number of nitrogens with one attached hydrogen (secondary N) is 2. The standard InChI is InChI=1S/C26H23Cl3N2O4/c1-34-24-10-15(9-21(29)25(24)35-14-18-19(27)6-4-7-20(18)28)12-30-23(26(32)33)11-16-13-31-22-8-3-2-5-17(16)22/h2-10,13,23,30-31H,11-12,14H2,1H3,(H,32,33)/t23-/m0/s1. The molecule has 1 aromatic heterocycles. The number of carboxylic acid groups (broad SMARTS) is 1. The number of carboxylic acids is 1. The van der Waals surface area contributed by atoms with Crippen molar-refractivity contribution in [1.82, 2.24) is 10.3 Å². The van der Waals surface area contributed by atoms with E-state index in [1.807, 2.05) is 30.5 Å². The number of methoxy groups -OCH3 is 1. The first-order valence-electron chi connectivity index (χ1n) is 10.8. The van der Waals surface area contributed by atoms with Crippen LogP contribution in [0.2, 0.25) is 15.1 Å². The first kappa shape index (κ1) is 25.2. The molecule has 6 nitrogen and oxygen atoms in total. The second-order valence-corrected chi connectivity index (χ2v) is 9.15. The Kier molecular flexibility index (Phi) is 8.08. The Bertz CT molecular complexity index is 1340. The molecule has 0 aliphatic carbocycles. The lowest BCUT2D eigenvalue weighted by atomic mass is 10.0. The van der Waals surface area contributed by atoms with E-state index in [-0.39, 0.29) is 13.2 Å². The fraction of sp³-hybridized carbons (Fsp3) is 0.192. The lowest BCUT2D eigenvalue weighted by molar-refractivity contribution is -0.139. The summed E-state index contributed by atoms with van der Waals surface area (Å²) in [7, 11) is 1.51. The molecule has 3 aromatic carbocycles. The molecule has 182 valence electrons. The van der Waals surface area contributed by atoms with Crippen LogP contribution in [0.1, 0.15) is 16.7 Å². The van der Waals surface area contributed by atoms with E-state index in [9.17, 15) is 9.90 Å². The predicted molar refractivity (Wildman–Crippen MR) is 139 cm³/mol. The monoisotopic (exact) mass is 532 g/mol. The Labute approximate surface area is 217 Å². The number of aromatic nitrogens is 1. The van der Waals surface area contributed by atoms with Gasteiger partial charge >= 0.3 is 5.97 Å². The fourth-order valence-electron chi connectivity index (χ4n) is 3.84. The van der Waals surface area contributed by atoms with Gasteiger partial charge in [-0.2, -0.15) is 0 Å². The molecule has 4 rings (SSSR count). The minimum Gasteiger partial charge on any atom is -0.493 e. The molecule has 1 atom stereocenters. The number of halogens is 3. The highest BCUT2D eigenvalue weighted by Crippen LogP contribution is 2.38. The van der Waals surface area contributed by atoms with Gasteiger partial charge in [0, 0.05) is 45.7 Å². The quantitative estimate of drug-likeness (QED) is 0.217. The van der Waals surface area contributed by atoms with Gasteiger partial charge in [-0.3, -0.25) is 4.79 Å². The second kappa shape index (κ2) is 11.2. The fourth-order valence-corrected chi connectivity index (χ4v) is 4.63. The number of rotatable bonds is 10. The molecule has 0 unspecified atom stereocenters. The van der Waals surface area contributed by atoms with Crippen LogP contribution in [0.15, 0.2) is 60.8 Å². The van der Waals surface area contributed by atoms with Crippen LogP contribution >= 0.6 is 34.8 Å². The first-order chi connectivity index (χ1) is 16.9. The van der Waals surface area contributed by atoms with Gasteiger partial charge in [0.1, 0.15) is 12.6 Å². The molecule has 0 radical (unpaired) electrons. The number of benzene rings is 3. The zero-order chi connectivity index (χ0) is 24.9. The number of hydrogen-bond acceptors (Lipinski definition) is 4. The third-order valence-corrected chi connectivity index (χ3v) is 6.65. The maximum Gasteiger partial charge on any atom is 0.321 e. The second-order valence-electron chi connectivity index (χ2n) is 7.93. The van der Waals surface area contributed by atoms with Crippen molar-refractivity contribution in [1.29, 1.82) is 0 Å². The van der Waals surface area contributed by atoms with Crippen molar-refractivity contribution in [2.45, 2.75) is 25.6 Å². The number of carbonyl (C=O) groups is 1. The van der Waals surface area contributed by atoms with Crippen LogP contribution in [0, 0.1) is 0 Å². The van der Waals surface area contributed by atoms with Crippen LogP contribution in [0.5, 0.6) is 11.5 Å². The summed E-state index contributed by atoms with van der Waals surface area (Å²) >= 11 is 19.0. The molecule has 0 spiro atoms. The summed E-state index contributed by atoms with van der Waals surface area (Å²) in [4.78, 5) is 15.1. The Morgan fingerprint density at radius 2 is 1.80 bits per heavy atom. The number of aliphatic carboxylic acids is 1. The SMILES string of the molecule is COc1cc(CN[C@@H](Cc2c[nH]c3ccccc23)C(=O)O)cc(Cl)c1OCc1c(Cl)cccc1Cl. The number of H-pyrrole nitrogens is 1. The van der Waals surface area contributed by atoms with Crippen LogP contribution in [-0.2, 0) is 24.4 Å². The topological polar surface area (TPSA) is 83.6 Å². The van der Waals surface area contributed by atoms with Crippen LogP contribution in [0.25, 0.3) is 10.9 Å². The van der Waals surface area contributed by atoms with Crippen molar-refractivity contribution in [3.8, 4) is 11.5 Å². The van der Waals surface area contributed by atoms with E-state index in [4.69, 9.17) is 44.3 Å². The van der Waals surface area contributed by atoms with Crippen molar-refractivity contribution >= 4 is 51.7 Å². The van der Waals surface area contributed by atoms with Gasteiger partial charge in [-0.25, -0.2) is 0 Å². The van der Waals surface area contributed by atoms with E-state index < -0.39 is 12.0 Å². The summed E-state index contributed by atoms with van der Waals surface area (Å²) in [5.41, 5.74) is 3.29. The number of para-hydroxylation sites is 1. The summed E-state index contributed by atoms with van der Waals surface area (Å²) in [5, 5.41) is 15.2. The highest BCUT2D eigenvalue weighted by atomic mass is 35.5. The van der Waals surface area contributed by atoms with E-state index in [0.717, 1.165) is 22.0 Å². The van der Waals surface area contributed by atoms with Gasteiger partial charge in [0.15, 0.2) is 11.5 Å². The van der Waals surface area contributed by atoms with E-state index >= 15 is 0 Å². The van der Waals surface area contributed by atoms with Gasteiger partial charge in [0.25, 0.3) is 0 Å². The molecule has 1 heterocycles. The molecular formula is C26H23Cl3N2O4. The number of fused-ring (bicyclic) bond motifs is 1. The Morgan fingerprint density at radius 1 is 1.06 bits per heavy atom. The summed E-state index contributed by atoms with van der Waals surface area (Å²) in [5.74, 6) is -0.173. The highest BCUT2D eigenvalue weighted by Gasteiger charge is 2.20. The molecule has 4 aromatic rings. The molecule has 0 bridgehead atoms. The average molecular weight is 534 g/mol. The van der Waals surface area contributed by atoms with E-state index in [0.29, 0.717) is 38.6 Å². The van der Waals surface area contributed by atoms with Crippen LogP contribution in [-0.4, -0.2) is 29.2 Å². The molecule has 0 aliphatic heterocycles. The van der Waals surface area contributed by atoms with Crippen molar-refractivity contribution in [3.63, 3.8) is 0 Å². The molecule has 35 heavy (non-hydrogen) atoms. The summed E-state index contributed by atoms with van der Waals surface area (Å²) < 4.78 is 11.4. The minimum atomic E-state index is -0.940. The van der Waals surface area contributed by atoms with Gasteiger partial charge in [0.05, 0.1) is 12.1 Å². The average Bonchev–Trinajstić information content (AvgIpc) is 3.24. The van der Waals surface area contributed by atoms with Crippen molar-refractivity contribution in [3.05, 3.63) is 92.6 Å². The first-order valence-corrected chi connectivity index (χ1v) is 11.9. The van der Waals surface area contributed by atoms with Gasteiger partial charge in [0.2, 0.25) is 0 Å². The molecule has 3 N–H and O–H groups in total. The summed E-state index contributed by atoms with van der Waals surface area (Å²) in [6.45, 7) is 0.379. The van der Waals surface area contributed by atoms with E-state index in [1.54, 1.807) is 30.3 Å². The molecular weight excluding hydrogens is 511 g/mol. The molecule has 0 fully saturated rings. The molecule has 0 saturated heterocycles. The summed E-state index contributed by atoms with van der Waals surface area (Å²) in [6.07, 6.45) is 2.17. The van der Waals surface area contributed by atoms with Crippen molar-refractivity contribution in [2.75, 3.05) is 7.11 Å². The van der Waals surface area contributed by atoms with Crippen LogP contribution < -0.4 is 14.8 Å². The third-order valence-electron chi connectivity index (χ3n) is 5.66. The predicted octanol–water partition coefficient (Wildman–Crippen LogP) is 6.50. The van der Waals surface area contributed by atoms with Crippen molar-refractivity contribution < 1.29 is 19.4 Å². The van der Waals surface area contributed by atoms with Gasteiger partial charge in [-0.05, 0) is 41.5 Å². The lowest BCUT2D eigenvalue weighted by Gasteiger charge is -2.17. The Balaban J connectivity index is 1.47. The molecule has 0 saturated carbocycles. The minimum absolute atomic E-state index is 0.109. The van der Waals surface area contributed by atoms with Gasteiger partial charge < -0.3 is 24.9 Å². The van der Waals surface area contributed by atoms with Gasteiger partial charge in [-0.1, -0.05) is 59.1 Å². The summed E-state index contributed by atoms with van der Waals surface area (Å²) in [6, 6.07) is 15.7. The van der Waals surface area contributed by atoms with Crippen LogP contribution in [0.3, 0.4) is 0 Å². The zero-order valence-corrected chi connectivity index (χ0v) is 21.0. The lowest BCUT2D eigenvalue weighted by Crippen LogP contribution is -2.38. The maximum atomic E-state index is 11.9. The van der Waals surface area contributed by atoms with E-state index in [1.165, 1.54) is 7.11 Å². The molecule has 9 heteroatoms. The molecule has 0 aliphatic rings. The number of ether oxygens (including phenoxy) is 2. The molecule has 0 amide bonds.